The number of anilines is 1. The Labute approximate surface area is 82.0 Å². The van der Waals surface area contributed by atoms with E-state index in [1.165, 1.54) is 6.07 Å². The van der Waals surface area contributed by atoms with Crippen LogP contribution in [0.4, 0.5) is 17.1 Å². The van der Waals surface area contributed by atoms with Crippen molar-refractivity contribution in [1.29, 1.82) is 0 Å². The molecule has 0 saturated carbocycles. The summed E-state index contributed by atoms with van der Waals surface area (Å²) >= 11 is 0. The molecule has 0 saturated heterocycles. The molecule has 0 amide bonds. The number of hydrogen-bond acceptors (Lipinski definition) is 6. The second-order valence-electron chi connectivity index (χ2n) is 2.39. The topological polar surface area (TPSA) is 128 Å². The van der Waals surface area contributed by atoms with Crippen LogP contribution < -0.4 is 5.43 Å². The van der Waals surface area contributed by atoms with Gasteiger partial charge in [0.25, 0.3) is 0 Å². The molecule has 0 atom stereocenters. The summed E-state index contributed by atoms with van der Waals surface area (Å²) in [6, 6.07) is 3.32. The average molecular weight is 212 g/mol. The highest BCUT2D eigenvalue weighted by Gasteiger charge is 2.28. The van der Waals surface area contributed by atoms with E-state index in [2.05, 4.69) is 5.29 Å². The molecule has 9 heteroatoms. The lowest BCUT2D eigenvalue weighted by Gasteiger charge is -1.99. The van der Waals surface area contributed by atoms with Gasteiger partial charge in [0, 0.05) is 6.07 Å². The van der Waals surface area contributed by atoms with Gasteiger partial charge in [-0.05, 0) is 6.07 Å². The number of nitro groups is 2. The SMILES string of the molecule is O=NNc1cccc([N+](=O)[O-])c1[N+](=O)[O-]. The molecule has 0 heterocycles. The van der Waals surface area contributed by atoms with Gasteiger partial charge in [-0.1, -0.05) is 6.07 Å². The molecule has 1 N–H and O–H groups in total. The number of nitrogens with one attached hydrogen (secondary N) is 1. The first-order valence-corrected chi connectivity index (χ1v) is 3.58. The highest BCUT2D eigenvalue weighted by Crippen LogP contribution is 2.33. The van der Waals surface area contributed by atoms with Crippen molar-refractivity contribution in [3.05, 3.63) is 43.3 Å². The molecular weight excluding hydrogens is 208 g/mol. The van der Waals surface area contributed by atoms with Crippen molar-refractivity contribution in [3.8, 4) is 0 Å². The standard InChI is InChI=1S/C6H4N4O5/c11-8-7-4-2-1-3-5(9(12)13)6(4)10(14)15/h1-3H,(H,7,11). The summed E-state index contributed by atoms with van der Waals surface area (Å²) in [5.74, 6) is 0. The van der Waals surface area contributed by atoms with Crippen LogP contribution in [0.2, 0.25) is 0 Å². The summed E-state index contributed by atoms with van der Waals surface area (Å²) in [6.45, 7) is 0. The van der Waals surface area contributed by atoms with E-state index in [9.17, 15) is 25.1 Å². The summed E-state index contributed by atoms with van der Waals surface area (Å²) < 4.78 is 0. The number of rotatable bonds is 4. The third-order valence-electron chi connectivity index (χ3n) is 1.56. The molecule has 0 fully saturated rings. The van der Waals surface area contributed by atoms with Crippen molar-refractivity contribution in [3.63, 3.8) is 0 Å². The predicted molar refractivity (Wildman–Crippen MR) is 49.2 cm³/mol. The van der Waals surface area contributed by atoms with Gasteiger partial charge in [0.05, 0.1) is 15.1 Å². The Morgan fingerprint density at radius 3 is 2.33 bits per heavy atom. The minimum atomic E-state index is -0.953. The first-order valence-electron chi connectivity index (χ1n) is 3.58. The molecule has 1 rings (SSSR count). The zero-order valence-corrected chi connectivity index (χ0v) is 7.11. The lowest BCUT2D eigenvalue weighted by molar-refractivity contribution is -0.421. The fraction of sp³-hybridized carbons (Fsp3) is 0. The Balaban J connectivity index is 3.40. The number of nitroso groups, excluding NO2 is 1. The highest BCUT2D eigenvalue weighted by atomic mass is 16.6. The average Bonchev–Trinajstić information content (AvgIpc) is 2.17. The molecule has 0 bridgehead atoms. The van der Waals surface area contributed by atoms with E-state index in [4.69, 9.17) is 0 Å². The zero-order chi connectivity index (χ0) is 11.4. The largest absolute Gasteiger partial charge is 0.370 e. The van der Waals surface area contributed by atoms with Crippen molar-refractivity contribution in [2.24, 2.45) is 5.29 Å². The Morgan fingerprint density at radius 1 is 1.20 bits per heavy atom. The Bertz CT molecular complexity index is 432. The molecule has 0 radical (unpaired) electrons. The van der Waals surface area contributed by atoms with E-state index >= 15 is 0 Å². The third-order valence-corrected chi connectivity index (χ3v) is 1.56. The van der Waals surface area contributed by atoms with Crippen molar-refractivity contribution >= 4 is 17.1 Å². The molecule has 1 aromatic rings. The third kappa shape index (κ3) is 2.02. The zero-order valence-electron chi connectivity index (χ0n) is 7.11. The summed E-state index contributed by atoms with van der Waals surface area (Å²) in [7, 11) is 0. The van der Waals surface area contributed by atoms with Crippen LogP contribution in [0.25, 0.3) is 0 Å². The van der Waals surface area contributed by atoms with Crippen molar-refractivity contribution < 1.29 is 9.85 Å². The number of nitro benzene ring substituents is 2. The highest BCUT2D eigenvalue weighted by molar-refractivity contribution is 5.71. The van der Waals surface area contributed by atoms with Gasteiger partial charge in [0.1, 0.15) is 5.69 Å². The van der Waals surface area contributed by atoms with Crippen molar-refractivity contribution in [2.45, 2.75) is 0 Å². The maximum atomic E-state index is 10.5. The van der Waals surface area contributed by atoms with Gasteiger partial charge < -0.3 is 0 Å². The van der Waals surface area contributed by atoms with Gasteiger partial charge in [-0.3, -0.25) is 20.2 Å². The van der Waals surface area contributed by atoms with Crippen LogP contribution in [0, 0.1) is 25.1 Å². The van der Waals surface area contributed by atoms with Crippen LogP contribution in [-0.4, -0.2) is 9.85 Å². The maximum Gasteiger partial charge on any atom is 0.370 e. The monoisotopic (exact) mass is 212 g/mol. The van der Waals surface area contributed by atoms with Gasteiger partial charge in [0.2, 0.25) is 0 Å². The fourth-order valence-electron chi connectivity index (χ4n) is 1.01. The molecule has 15 heavy (non-hydrogen) atoms. The predicted octanol–water partition coefficient (Wildman–Crippen LogP) is 1.60. The quantitative estimate of drug-likeness (QED) is 0.458. The number of nitrogens with zero attached hydrogens (tertiary/aromatic N) is 3. The van der Waals surface area contributed by atoms with Crippen LogP contribution >= 0.6 is 0 Å². The molecular formula is C6H4N4O5. The first kappa shape index (κ1) is 10.5. The van der Waals surface area contributed by atoms with Gasteiger partial charge >= 0.3 is 11.4 Å². The van der Waals surface area contributed by atoms with Crippen molar-refractivity contribution in [2.75, 3.05) is 5.43 Å². The lowest BCUT2D eigenvalue weighted by Crippen LogP contribution is -2.00. The van der Waals surface area contributed by atoms with Gasteiger partial charge in [0.15, 0.2) is 0 Å². The number of para-hydroxylation sites is 1. The molecule has 0 aliphatic carbocycles. The molecule has 78 valence electrons. The van der Waals surface area contributed by atoms with Gasteiger partial charge in [-0.2, -0.15) is 0 Å². The van der Waals surface area contributed by atoms with E-state index in [0.717, 1.165) is 12.1 Å². The van der Waals surface area contributed by atoms with Crippen LogP contribution in [0.3, 0.4) is 0 Å². The van der Waals surface area contributed by atoms with E-state index in [1.54, 1.807) is 5.43 Å². The summed E-state index contributed by atoms with van der Waals surface area (Å²) in [5, 5.41) is 23.2. The molecule has 9 nitrogen and oxygen atoms in total. The second-order valence-corrected chi connectivity index (χ2v) is 2.39. The van der Waals surface area contributed by atoms with Crippen LogP contribution in [-0.2, 0) is 0 Å². The second kappa shape index (κ2) is 4.09. The van der Waals surface area contributed by atoms with Crippen LogP contribution in [0.1, 0.15) is 0 Å². The molecule has 0 unspecified atom stereocenters. The van der Waals surface area contributed by atoms with Crippen LogP contribution in [0.15, 0.2) is 23.5 Å². The van der Waals surface area contributed by atoms with E-state index in [-0.39, 0.29) is 5.69 Å². The van der Waals surface area contributed by atoms with Gasteiger partial charge in [-0.15, -0.1) is 4.91 Å². The minimum Gasteiger partial charge on any atom is -0.258 e. The van der Waals surface area contributed by atoms with Gasteiger partial charge in [-0.25, -0.2) is 5.43 Å². The molecule has 0 spiro atoms. The molecule has 0 aromatic heterocycles. The van der Waals surface area contributed by atoms with E-state index in [0.29, 0.717) is 0 Å². The molecule has 0 aliphatic rings. The smallest absolute Gasteiger partial charge is 0.258 e. The minimum absolute atomic E-state index is 0.316. The summed E-state index contributed by atoms with van der Waals surface area (Å²) in [4.78, 5) is 29.0. The number of benzene rings is 1. The van der Waals surface area contributed by atoms with E-state index in [1.807, 2.05) is 0 Å². The Morgan fingerprint density at radius 2 is 1.87 bits per heavy atom. The Hall–Kier alpha value is -2.58. The lowest BCUT2D eigenvalue weighted by atomic mass is 10.2. The van der Waals surface area contributed by atoms with Crippen molar-refractivity contribution in [1.82, 2.24) is 0 Å². The molecule has 0 aliphatic heterocycles. The van der Waals surface area contributed by atoms with Crippen LogP contribution in [0.5, 0.6) is 0 Å². The number of hydrogen-bond donors (Lipinski definition) is 1. The maximum absolute atomic E-state index is 10.5. The fourth-order valence-corrected chi connectivity index (χ4v) is 1.01. The molecule has 1 aromatic carbocycles. The Kier molecular flexibility index (Phi) is 2.86. The van der Waals surface area contributed by atoms with E-state index < -0.39 is 21.2 Å². The first-order chi connectivity index (χ1) is 7.07. The summed E-state index contributed by atoms with van der Waals surface area (Å²) in [6.07, 6.45) is 0. The summed E-state index contributed by atoms with van der Waals surface area (Å²) in [5.41, 5.74) is -0.0295. The normalized spacial score (nSPS) is 9.33.